The molecule has 13 heavy (non-hydrogen) atoms. The van der Waals surface area contributed by atoms with Gasteiger partial charge in [-0.2, -0.15) is 0 Å². The SMILES string of the molecule is CN1C(=O)CC[C@@H]2C(=O)CCC[C@@H]21. The number of hydrogen-bond acceptors (Lipinski definition) is 2. The van der Waals surface area contributed by atoms with E-state index in [0.717, 1.165) is 25.7 Å². The zero-order valence-electron chi connectivity index (χ0n) is 7.95. The van der Waals surface area contributed by atoms with Gasteiger partial charge in [0.1, 0.15) is 5.78 Å². The number of rotatable bonds is 0. The van der Waals surface area contributed by atoms with Crippen molar-refractivity contribution < 1.29 is 9.59 Å². The van der Waals surface area contributed by atoms with Crippen LogP contribution in [-0.4, -0.2) is 29.7 Å². The molecule has 0 bridgehead atoms. The summed E-state index contributed by atoms with van der Waals surface area (Å²) in [5.74, 6) is 0.725. The van der Waals surface area contributed by atoms with E-state index in [-0.39, 0.29) is 17.9 Å². The van der Waals surface area contributed by atoms with Gasteiger partial charge in [0.05, 0.1) is 0 Å². The van der Waals surface area contributed by atoms with Crippen LogP contribution in [0.25, 0.3) is 0 Å². The number of amides is 1. The monoisotopic (exact) mass is 181 g/mol. The zero-order valence-corrected chi connectivity index (χ0v) is 7.95. The van der Waals surface area contributed by atoms with Crippen LogP contribution >= 0.6 is 0 Å². The fraction of sp³-hybridized carbons (Fsp3) is 0.800. The van der Waals surface area contributed by atoms with Crippen molar-refractivity contribution in [2.75, 3.05) is 7.05 Å². The molecule has 1 saturated heterocycles. The summed E-state index contributed by atoms with van der Waals surface area (Å²) in [6.07, 6.45) is 4.04. The molecule has 2 atom stereocenters. The van der Waals surface area contributed by atoms with Crippen molar-refractivity contribution in [3.8, 4) is 0 Å². The Morgan fingerprint density at radius 1 is 1.23 bits per heavy atom. The van der Waals surface area contributed by atoms with Gasteiger partial charge < -0.3 is 4.90 Å². The van der Waals surface area contributed by atoms with Crippen LogP contribution in [0.15, 0.2) is 0 Å². The highest BCUT2D eigenvalue weighted by Crippen LogP contribution is 2.32. The smallest absolute Gasteiger partial charge is 0.222 e. The molecule has 0 aromatic carbocycles. The van der Waals surface area contributed by atoms with Crippen LogP contribution in [0.4, 0.5) is 0 Å². The second-order valence-electron chi connectivity index (χ2n) is 4.08. The molecule has 1 heterocycles. The molecule has 0 aromatic heterocycles. The molecule has 0 aromatic rings. The third kappa shape index (κ3) is 1.36. The lowest BCUT2D eigenvalue weighted by Gasteiger charge is -2.40. The van der Waals surface area contributed by atoms with Gasteiger partial charge in [0, 0.05) is 31.8 Å². The number of piperidine rings is 1. The van der Waals surface area contributed by atoms with Crippen molar-refractivity contribution in [3.63, 3.8) is 0 Å². The molecule has 0 radical (unpaired) electrons. The second-order valence-corrected chi connectivity index (χ2v) is 4.08. The van der Waals surface area contributed by atoms with E-state index >= 15 is 0 Å². The van der Waals surface area contributed by atoms with E-state index in [2.05, 4.69) is 0 Å². The molecule has 1 aliphatic carbocycles. The van der Waals surface area contributed by atoms with Crippen LogP contribution < -0.4 is 0 Å². The Labute approximate surface area is 78.1 Å². The highest BCUT2D eigenvalue weighted by Gasteiger charge is 2.39. The van der Waals surface area contributed by atoms with E-state index in [4.69, 9.17) is 0 Å². The molecule has 1 aliphatic heterocycles. The van der Waals surface area contributed by atoms with Gasteiger partial charge in [0.15, 0.2) is 0 Å². The molecule has 1 saturated carbocycles. The Morgan fingerprint density at radius 3 is 2.77 bits per heavy atom. The normalized spacial score (nSPS) is 34.7. The second kappa shape index (κ2) is 3.13. The number of carbonyl (C=O) groups is 2. The molecular weight excluding hydrogens is 166 g/mol. The topological polar surface area (TPSA) is 37.4 Å². The van der Waals surface area contributed by atoms with Gasteiger partial charge in [-0.05, 0) is 19.3 Å². The first-order chi connectivity index (χ1) is 6.20. The number of Topliss-reactive ketones (excluding diaryl/α,β-unsaturated/α-hetero) is 1. The molecule has 3 heteroatoms. The van der Waals surface area contributed by atoms with Crippen molar-refractivity contribution >= 4 is 11.7 Å². The summed E-state index contributed by atoms with van der Waals surface area (Å²) in [5, 5.41) is 0. The molecule has 0 spiro atoms. The minimum absolute atomic E-state index is 0.149. The molecular formula is C10H15NO2. The standard InChI is InChI=1S/C10H15NO2/c1-11-8-3-2-4-9(12)7(8)5-6-10(11)13/h7-8H,2-6H2,1H3/t7-,8-/m0/s1. The molecule has 1 amide bonds. The summed E-state index contributed by atoms with van der Waals surface area (Å²) < 4.78 is 0. The van der Waals surface area contributed by atoms with Crippen LogP contribution in [0.2, 0.25) is 0 Å². The lowest BCUT2D eigenvalue weighted by molar-refractivity contribution is -0.142. The lowest BCUT2D eigenvalue weighted by Crippen LogP contribution is -2.50. The van der Waals surface area contributed by atoms with Crippen LogP contribution in [0, 0.1) is 5.92 Å². The summed E-state index contributed by atoms with van der Waals surface area (Å²) in [4.78, 5) is 24.7. The van der Waals surface area contributed by atoms with E-state index in [9.17, 15) is 9.59 Å². The third-order valence-electron chi connectivity index (χ3n) is 3.36. The maximum atomic E-state index is 11.5. The van der Waals surface area contributed by atoms with Gasteiger partial charge in [-0.3, -0.25) is 9.59 Å². The maximum absolute atomic E-state index is 11.5. The van der Waals surface area contributed by atoms with Gasteiger partial charge in [-0.25, -0.2) is 0 Å². The van der Waals surface area contributed by atoms with Crippen molar-refractivity contribution in [1.82, 2.24) is 4.90 Å². The van der Waals surface area contributed by atoms with Gasteiger partial charge in [0.2, 0.25) is 5.91 Å². The van der Waals surface area contributed by atoms with Crippen molar-refractivity contribution in [1.29, 1.82) is 0 Å². The van der Waals surface area contributed by atoms with E-state index in [1.165, 1.54) is 0 Å². The highest BCUT2D eigenvalue weighted by atomic mass is 16.2. The fourth-order valence-electron chi connectivity index (χ4n) is 2.54. The Bertz CT molecular complexity index is 249. The summed E-state index contributed by atoms with van der Waals surface area (Å²) in [7, 11) is 1.83. The van der Waals surface area contributed by atoms with Gasteiger partial charge in [-0.1, -0.05) is 0 Å². The number of hydrogen-bond donors (Lipinski definition) is 0. The summed E-state index contributed by atoms with van der Waals surface area (Å²) >= 11 is 0. The minimum Gasteiger partial charge on any atom is -0.342 e. The largest absolute Gasteiger partial charge is 0.342 e. The first kappa shape index (κ1) is 8.73. The third-order valence-corrected chi connectivity index (χ3v) is 3.36. The van der Waals surface area contributed by atoms with Crippen LogP contribution in [0.3, 0.4) is 0 Å². The fourth-order valence-corrected chi connectivity index (χ4v) is 2.54. The molecule has 3 nitrogen and oxygen atoms in total. The van der Waals surface area contributed by atoms with Gasteiger partial charge >= 0.3 is 0 Å². The zero-order chi connectivity index (χ0) is 9.42. The number of fused-ring (bicyclic) bond motifs is 1. The van der Waals surface area contributed by atoms with Crippen LogP contribution in [-0.2, 0) is 9.59 Å². The molecule has 72 valence electrons. The average Bonchev–Trinajstić information content (AvgIpc) is 2.12. The predicted octanol–water partition coefficient (Wildman–Crippen LogP) is 0.976. The first-order valence-corrected chi connectivity index (χ1v) is 4.98. The Morgan fingerprint density at radius 2 is 2.00 bits per heavy atom. The number of carbonyl (C=O) groups excluding carboxylic acids is 2. The Balaban J connectivity index is 2.17. The van der Waals surface area contributed by atoms with Gasteiger partial charge in [-0.15, -0.1) is 0 Å². The molecule has 2 fully saturated rings. The Kier molecular flexibility index (Phi) is 2.10. The van der Waals surface area contributed by atoms with Crippen molar-refractivity contribution in [2.45, 2.75) is 38.1 Å². The van der Waals surface area contributed by atoms with Gasteiger partial charge in [0.25, 0.3) is 0 Å². The molecule has 0 N–H and O–H groups in total. The molecule has 2 aliphatic rings. The highest BCUT2D eigenvalue weighted by molar-refractivity contribution is 5.86. The minimum atomic E-state index is 0.149. The Hall–Kier alpha value is -0.860. The van der Waals surface area contributed by atoms with E-state index in [1.54, 1.807) is 4.90 Å². The van der Waals surface area contributed by atoms with Crippen LogP contribution in [0.1, 0.15) is 32.1 Å². The lowest BCUT2D eigenvalue weighted by atomic mass is 9.77. The summed E-state index contributed by atoms with van der Waals surface area (Å²) in [6.45, 7) is 0. The summed E-state index contributed by atoms with van der Waals surface area (Å²) in [5.41, 5.74) is 0. The van der Waals surface area contributed by atoms with E-state index in [0.29, 0.717) is 12.2 Å². The quantitative estimate of drug-likeness (QED) is 0.558. The van der Waals surface area contributed by atoms with Crippen LogP contribution in [0.5, 0.6) is 0 Å². The number of ketones is 1. The molecule has 0 unspecified atom stereocenters. The van der Waals surface area contributed by atoms with E-state index < -0.39 is 0 Å². The van der Waals surface area contributed by atoms with Crippen molar-refractivity contribution in [3.05, 3.63) is 0 Å². The maximum Gasteiger partial charge on any atom is 0.222 e. The predicted molar refractivity (Wildman–Crippen MR) is 48.1 cm³/mol. The number of nitrogens with zero attached hydrogens (tertiary/aromatic N) is 1. The van der Waals surface area contributed by atoms with Crippen molar-refractivity contribution in [2.24, 2.45) is 5.92 Å². The van der Waals surface area contributed by atoms with E-state index in [1.807, 2.05) is 7.05 Å². The first-order valence-electron chi connectivity index (χ1n) is 4.98. The average molecular weight is 181 g/mol. The summed E-state index contributed by atoms with van der Waals surface area (Å²) in [6, 6.07) is 0.211. The number of likely N-dealkylation sites (tertiary alicyclic amines) is 1. The molecule has 2 rings (SSSR count).